The molecule has 4 heterocycles. The van der Waals surface area contributed by atoms with Crippen molar-refractivity contribution in [3.05, 3.63) is 121 Å². The molecule has 0 aliphatic heterocycles. The fourth-order valence-electron chi connectivity index (χ4n) is 6.98. The Balaban J connectivity index is 0.000000310. The van der Waals surface area contributed by atoms with Crippen LogP contribution in [-0.2, 0) is 77.1 Å². The van der Waals surface area contributed by atoms with Crippen molar-refractivity contribution in [2.45, 2.75) is 198 Å². The third-order valence-electron chi connectivity index (χ3n) is 13.3. The van der Waals surface area contributed by atoms with Crippen LogP contribution in [0, 0.1) is 6.92 Å². The van der Waals surface area contributed by atoms with E-state index in [1.165, 1.54) is 64.2 Å². The van der Waals surface area contributed by atoms with Gasteiger partial charge in [0.05, 0.1) is 28.1 Å². The molecule has 4 amide bonds. The first-order chi connectivity index (χ1) is 38.8. The van der Waals surface area contributed by atoms with Gasteiger partial charge in [-0.05, 0) is 103 Å². The first kappa shape index (κ1) is 74.7. The molecule has 0 fully saturated rings. The van der Waals surface area contributed by atoms with E-state index in [1.807, 2.05) is 74.6 Å². The number of halogens is 2. The summed E-state index contributed by atoms with van der Waals surface area (Å²) in [7, 11) is -11.1. The standard InChI is InChI=1S/C19H25ClN2O3S2.C18H23ClN2O3S2.C14H24N2O4S.C8H12N2O2/c1-12-15(18(2,3)4)26-17(21-12)22-16(23)19(5,6)27(24,25)11-13-7-9-14(20)10-8-13;1-17(2,3)14-10-25-16(20-14)21-15(22)18(4,5)26(23,24)11-12-6-8-13(19)9-7-12;1-9(2)21(18,19)14(6,7)12(17)15-11-8-10(20-16-11)13(3,4)5;1-8(2,3)6-4-5(7(9)11)10-12-6/h7-10H,11H2,1-6H3,(H,21,22,23);6-10H,11H2,1-5H3,(H,20,21,22);8-9H,1-7H3,(H,15,16,17);4H,1-3H3,(H2,9,11). The Morgan fingerprint density at radius 1 is 0.558 bits per heavy atom. The van der Waals surface area contributed by atoms with E-state index in [0.29, 0.717) is 43.0 Å². The van der Waals surface area contributed by atoms with Crippen LogP contribution in [0.2, 0.25) is 10.0 Å². The van der Waals surface area contributed by atoms with Gasteiger partial charge in [-0.2, -0.15) is 0 Å². The van der Waals surface area contributed by atoms with Gasteiger partial charge in [0.1, 0.15) is 25.8 Å². The summed E-state index contributed by atoms with van der Waals surface area (Å²) in [5.74, 6) is -1.36. The number of benzene rings is 2. The van der Waals surface area contributed by atoms with Gasteiger partial charge in [-0.1, -0.05) is 141 Å². The maximum atomic E-state index is 12.9. The molecule has 0 spiro atoms. The van der Waals surface area contributed by atoms with Crippen molar-refractivity contribution < 1.29 is 53.5 Å². The molecule has 2 aromatic carbocycles. The van der Waals surface area contributed by atoms with E-state index < -0.39 is 72.6 Å². The average Bonchev–Trinajstić information content (AvgIpc) is 1.34. The van der Waals surface area contributed by atoms with E-state index in [2.05, 4.69) is 57.0 Å². The minimum atomic E-state index is -3.76. The SMILES string of the molecule is CC(C)(C)c1cc(C(N)=O)no1.CC(C)(C)c1csc(NC(=O)C(C)(C)S(=O)(=O)Cc2ccc(Cl)cc2)n1.CC(C)S(=O)(=O)C(C)(C)C(=O)Nc1cc(C(C)(C)C)on1.Cc1nc(NC(=O)C(C)(C)S(=O)(=O)Cc2ccc(Cl)cc2)sc1C(C)(C)C. The Morgan fingerprint density at radius 3 is 1.30 bits per heavy atom. The number of carbonyl (C=O) groups excluding carboxylic acids is 4. The third kappa shape index (κ3) is 19.7. The first-order valence-corrected chi connectivity index (χ1v) is 34.4. The van der Waals surface area contributed by atoms with E-state index in [-0.39, 0.29) is 44.7 Å². The van der Waals surface area contributed by atoms with Crippen molar-refractivity contribution in [3.63, 3.8) is 0 Å². The molecule has 5 N–H and O–H groups in total. The number of aromatic nitrogens is 4. The molecule has 0 atom stereocenters. The highest BCUT2D eigenvalue weighted by atomic mass is 35.5. The zero-order chi connectivity index (χ0) is 66.4. The van der Waals surface area contributed by atoms with Gasteiger partial charge in [0, 0.05) is 48.7 Å². The smallest absolute Gasteiger partial charge is 0.270 e. The van der Waals surface area contributed by atoms with Crippen LogP contribution >= 0.6 is 45.9 Å². The van der Waals surface area contributed by atoms with Gasteiger partial charge in [-0.15, -0.1) is 22.7 Å². The molecule has 4 aromatic heterocycles. The van der Waals surface area contributed by atoms with Crippen LogP contribution in [0.1, 0.15) is 188 Å². The molecule has 20 nitrogen and oxygen atoms in total. The lowest BCUT2D eigenvalue weighted by Crippen LogP contribution is -2.47. The van der Waals surface area contributed by atoms with E-state index in [9.17, 15) is 44.4 Å². The van der Waals surface area contributed by atoms with E-state index in [1.54, 1.807) is 74.5 Å². The fraction of sp³-hybridized carbons (Fsp3) is 0.525. The van der Waals surface area contributed by atoms with Crippen LogP contribution in [0.25, 0.3) is 0 Å². The quantitative estimate of drug-likeness (QED) is 0.0742. The second-order valence-electron chi connectivity index (χ2n) is 26.2. The largest absolute Gasteiger partial charge is 0.364 e. The number of amides is 4. The Bertz CT molecular complexity index is 3690. The van der Waals surface area contributed by atoms with Crippen molar-refractivity contribution in [2.75, 3.05) is 16.0 Å². The number of hydrogen-bond donors (Lipinski definition) is 4. The molecule has 0 saturated heterocycles. The number of rotatable bonds is 15. The topological polar surface area (TPSA) is 311 Å². The van der Waals surface area contributed by atoms with Gasteiger partial charge < -0.3 is 30.7 Å². The molecule has 0 aliphatic rings. The van der Waals surface area contributed by atoms with Crippen LogP contribution in [0.4, 0.5) is 16.1 Å². The second-order valence-corrected chi connectivity index (χ2v) is 37.1. The minimum absolute atomic E-state index is 0.0963. The number of primary amides is 1. The van der Waals surface area contributed by atoms with Gasteiger partial charge in [-0.3, -0.25) is 19.2 Å². The molecule has 0 saturated carbocycles. The minimum Gasteiger partial charge on any atom is -0.364 e. The molecule has 6 rings (SSSR count). The number of thiazole rings is 2. The Labute approximate surface area is 525 Å². The molecule has 476 valence electrons. The molecule has 27 heteroatoms. The van der Waals surface area contributed by atoms with Crippen LogP contribution in [0.15, 0.2) is 75.1 Å². The van der Waals surface area contributed by atoms with Crippen molar-refractivity contribution in [1.82, 2.24) is 20.3 Å². The highest BCUT2D eigenvalue weighted by Gasteiger charge is 2.45. The predicted octanol–water partition coefficient (Wildman–Crippen LogP) is 12.7. The summed E-state index contributed by atoms with van der Waals surface area (Å²) in [5.41, 5.74) is 7.42. The summed E-state index contributed by atoms with van der Waals surface area (Å²) in [5, 5.41) is 18.2. The highest BCUT2D eigenvalue weighted by Crippen LogP contribution is 2.35. The summed E-state index contributed by atoms with van der Waals surface area (Å²) in [6, 6.07) is 16.3. The average molecular weight is 1330 g/mol. The lowest BCUT2D eigenvalue weighted by Gasteiger charge is -2.25. The highest BCUT2D eigenvalue weighted by molar-refractivity contribution is 7.94. The Kier molecular flexibility index (Phi) is 24.2. The zero-order valence-electron chi connectivity index (χ0n) is 52.9. The molecule has 0 bridgehead atoms. The van der Waals surface area contributed by atoms with Crippen LogP contribution in [0.3, 0.4) is 0 Å². The maximum Gasteiger partial charge on any atom is 0.270 e. The summed E-state index contributed by atoms with van der Waals surface area (Å²) < 4.78 is 81.1. The number of nitrogens with two attached hydrogens (primary N) is 1. The second kappa shape index (κ2) is 27.9. The van der Waals surface area contributed by atoms with Crippen molar-refractivity contribution in [3.8, 4) is 0 Å². The maximum absolute atomic E-state index is 12.9. The number of hydrogen-bond acceptors (Lipinski definition) is 18. The van der Waals surface area contributed by atoms with Crippen LogP contribution in [0.5, 0.6) is 0 Å². The molecule has 86 heavy (non-hydrogen) atoms. The van der Waals surface area contributed by atoms with Crippen LogP contribution < -0.4 is 21.7 Å². The fourth-order valence-corrected chi connectivity index (χ4v) is 13.3. The number of aryl methyl sites for hydroxylation is 1. The number of sulfone groups is 3. The Morgan fingerprint density at radius 2 is 0.965 bits per heavy atom. The summed E-state index contributed by atoms with van der Waals surface area (Å²) in [6.07, 6.45) is 0. The van der Waals surface area contributed by atoms with E-state index >= 15 is 0 Å². The monoisotopic (exact) mass is 1330 g/mol. The van der Waals surface area contributed by atoms with Gasteiger partial charge in [0.15, 0.2) is 51.3 Å². The molecule has 0 unspecified atom stereocenters. The first-order valence-electron chi connectivity index (χ1n) is 27.1. The van der Waals surface area contributed by atoms with Gasteiger partial charge in [0.25, 0.3) is 5.91 Å². The zero-order valence-corrected chi connectivity index (χ0v) is 58.5. The molecule has 0 radical (unpaired) electrons. The lowest BCUT2D eigenvalue weighted by atomic mass is 9.93. The van der Waals surface area contributed by atoms with E-state index in [0.717, 1.165) is 16.3 Å². The Hall–Kier alpha value is -5.57. The van der Waals surface area contributed by atoms with Gasteiger partial charge in [-0.25, -0.2) is 35.2 Å². The molecular formula is C59H84Cl2N8O12S5. The normalized spacial score (nSPS) is 12.8. The van der Waals surface area contributed by atoms with Crippen molar-refractivity contribution >= 4 is 115 Å². The van der Waals surface area contributed by atoms with Crippen LogP contribution in [-0.4, -0.2) is 88.7 Å². The van der Waals surface area contributed by atoms with E-state index in [4.69, 9.17) is 38.0 Å². The van der Waals surface area contributed by atoms with Crippen molar-refractivity contribution in [2.24, 2.45) is 5.73 Å². The summed E-state index contributed by atoms with van der Waals surface area (Å²) in [4.78, 5) is 58.1. The third-order valence-corrected chi connectivity index (χ3v) is 23.8. The molecule has 0 aliphatic carbocycles. The molecular weight excluding hydrogens is 1240 g/mol. The summed E-state index contributed by atoms with van der Waals surface area (Å²) in [6.45, 7) is 37.5. The predicted molar refractivity (Wildman–Crippen MR) is 346 cm³/mol. The number of anilines is 3. The molecule has 6 aromatic rings. The summed E-state index contributed by atoms with van der Waals surface area (Å²) >= 11 is 14.3. The number of nitrogens with one attached hydrogen (secondary N) is 3. The number of nitrogens with zero attached hydrogens (tertiary/aromatic N) is 4. The van der Waals surface area contributed by atoms with Gasteiger partial charge in [0.2, 0.25) is 17.7 Å². The van der Waals surface area contributed by atoms with Crippen molar-refractivity contribution in [1.29, 1.82) is 0 Å². The lowest BCUT2D eigenvalue weighted by molar-refractivity contribution is -0.118. The number of carbonyl (C=O) groups is 4. The van der Waals surface area contributed by atoms with Gasteiger partial charge >= 0.3 is 0 Å².